The monoisotopic (exact) mass is 531 g/mol. The number of imidazole rings is 1. The second-order valence-electron chi connectivity index (χ2n) is 9.85. The summed E-state index contributed by atoms with van der Waals surface area (Å²) < 4.78 is 2.07. The molecule has 1 amide bonds. The van der Waals surface area contributed by atoms with Crippen LogP contribution in [0.3, 0.4) is 0 Å². The fourth-order valence-corrected chi connectivity index (χ4v) is 5.88. The number of carbonyl (C=O) groups is 1. The Kier molecular flexibility index (Phi) is 7.50. The summed E-state index contributed by atoms with van der Waals surface area (Å²) in [4.78, 5) is 25.9. The van der Waals surface area contributed by atoms with Gasteiger partial charge < -0.3 is 21.5 Å². The van der Waals surface area contributed by atoms with E-state index < -0.39 is 0 Å². The minimum Gasteiger partial charge on any atom is -0.393 e. The fraction of sp³-hybridized carbons (Fsp3) is 0.520. The van der Waals surface area contributed by atoms with Crippen LogP contribution in [-0.4, -0.2) is 42.7 Å². The minimum absolute atomic E-state index is 0.0665. The molecule has 0 saturated heterocycles. The zero-order valence-corrected chi connectivity index (χ0v) is 21.5. The van der Waals surface area contributed by atoms with Gasteiger partial charge in [-0.15, -0.1) is 0 Å². The maximum absolute atomic E-state index is 11.7. The molecule has 5 N–H and O–H groups in total. The number of rotatable bonds is 6. The first-order valence-corrected chi connectivity index (χ1v) is 13.3. The molecular weight excluding hydrogens is 501 g/mol. The van der Waals surface area contributed by atoms with E-state index in [4.69, 9.17) is 38.9 Å². The molecule has 1 aromatic carbocycles. The van der Waals surface area contributed by atoms with Crippen molar-refractivity contribution in [2.24, 2.45) is 11.7 Å². The van der Waals surface area contributed by atoms with E-state index in [9.17, 15) is 9.90 Å². The quantitative estimate of drug-likeness (QED) is 0.321. The molecule has 5 rings (SSSR count). The van der Waals surface area contributed by atoms with Gasteiger partial charge in [0.2, 0.25) is 17.8 Å². The average Bonchev–Trinajstić information content (AvgIpc) is 3.08. The number of aliphatic hydroxyl groups excluding tert-OH is 1. The van der Waals surface area contributed by atoms with Gasteiger partial charge in [0.25, 0.3) is 0 Å². The van der Waals surface area contributed by atoms with Crippen molar-refractivity contribution in [2.75, 3.05) is 10.6 Å². The summed E-state index contributed by atoms with van der Waals surface area (Å²) in [6.07, 6.45) is 8.92. The van der Waals surface area contributed by atoms with Crippen LogP contribution in [0.5, 0.6) is 0 Å². The normalized spacial score (nSPS) is 24.9. The van der Waals surface area contributed by atoms with Crippen LogP contribution in [0.4, 0.5) is 17.6 Å². The van der Waals surface area contributed by atoms with Gasteiger partial charge in [-0.3, -0.25) is 9.36 Å². The van der Waals surface area contributed by atoms with Crippen molar-refractivity contribution >= 4 is 57.9 Å². The van der Waals surface area contributed by atoms with Gasteiger partial charge in [-0.1, -0.05) is 42.1 Å². The molecule has 2 aliphatic rings. The molecule has 0 aliphatic heterocycles. The molecule has 2 aromatic heterocycles. The lowest BCUT2D eigenvalue weighted by atomic mass is 9.85. The van der Waals surface area contributed by atoms with Crippen molar-refractivity contribution in [3.63, 3.8) is 0 Å². The van der Waals surface area contributed by atoms with E-state index >= 15 is 0 Å². The number of amides is 1. The van der Waals surface area contributed by atoms with Gasteiger partial charge in [-0.05, 0) is 57.1 Å². The van der Waals surface area contributed by atoms with E-state index in [1.807, 2.05) is 0 Å². The van der Waals surface area contributed by atoms with Crippen LogP contribution in [0.25, 0.3) is 11.2 Å². The smallest absolute Gasteiger partial charge is 0.224 e. The van der Waals surface area contributed by atoms with Crippen molar-refractivity contribution in [1.29, 1.82) is 0 Å². The molecule has 3 aromatic rings. The van der Waals surface area contributed by atoms with Gasteiger partial charge in [0.1, 0.15) is 5.52 Å². The van der Waals surface area contributed by atoms with E-state index in [-0.39, 0.29) is 30.0 Å². The molecule has 0 bridgehead atoms. The number of carbonyl (C=O) groups excluding carboxylic acids is 1. The van der Waals surface area contributed by atoms with Crippen molar-refractivity contribution in [1.82, 2.24) is 19.5 Å². The number of anilines is 3. The third-order valence-corrected chi connectivity index (χ3v) is 7.96. The number of hydrogen-bond donors (Lipinski definition) is 4. The Hall–Kier alpha value is -2.62. The summed E-state index contributed by atoms with van der Waals surface area (Å²) in [6.45, 7) is 0. The topological polar surface area (TPSA) is 131 Å². The molecule has 36 heavy (non-hydrogen) atoms. The molecule has 0 unspecified atom stereocenters. The lowest BCUT2D eigenvalue weighted by Gasteiger charge is -2.29. The Balaban J connectivity index is 1.50. The molecule has 2 fully saturated rings. The predicted molar refractivity (Wildman–Crippen MR) is 142 cm³/mol. The Morgan fingerprint density at radius 3 is 2.50 bits per heavy atom. The molecule has 9 nitrogen and oxygen atoms in total. The molecule has 192 valence electrons. The van der Waals surface area contributed by atoms with Crippen LogP contribution in [0, 0.1) is 5.92 Å². The first-order valence-electron chi connectivity index (χ1n) is 12.6. The van der Waals surface area contributed by atoms with Gasteiger partial charge in [0.05, 0.1) is 28.0 Å². The molecule has 11 heteroatoms. The second-order valence-corrected chi connectivity index (χ2v) is 10.7. The van der Waals surface area contributed by atoms with Crippen molar-refractivity contribution < 1.29 is 9.90 Å². The number of para-hydroxylation sites is 1. The SMILES string of the molecule is NC(=O)[C@H]1CC[C@H](n2c(Nc3c(Cl)cccc3Cl)nc3cnc(N[C@@H]4CCCC[C@H](O)C4)nc32)CC1. The molecule has 2 atom stereocenters. The Morgan fingerprint density at radius 2 is 1.78 bits per heavy atom. The highest BCUT2D eigenvalue weighted by Gasteiger charge is 2.29. The van der Waals surface area contributed by atoms with Crippen LogP contribution in [-0.2, 0) is 4.79 Å². The highest BCUT2D eigenvalue weighted by Crippen LogP contribution is 2.39. The molecule has 0 spiro atoms. The number of halogens is 2. The van der Waals surface area contributed by atoms with E-state index in [0.29, 0.717) is 58.1 Å². The number of hydrogen-bond acceptors (Lipinski definition) is 7. The summed E-state index contributed by atoms with van der Waals surface area (Å²) in [5, 5.41) is 17.9. The number of aliphatic hydroxyl groups is 1. The summed E-state index contributed by atoms with van der Waals surface area (Å²) in [6, 6.07) is 5.50. The van der Waals surface area contributed by atoms with Crippen LogP contribution >= 0.6 is 23.2 Å². The second kappa shape index (κ2) is 10.8. The molecule has 0 radical (unpaired) electrons. The van der Waals surface area contributed by atoms with Crippen molar-refractivity contribution in [3.05, 3.63) is 34.4 Å². The Bertz CT molecular complexity index is 1220. The average molecular weight is 532 g/mol. The predicted octanol–water partition coefficient (Wildman–Crippen LogP) is 5.20. The van der Waals surface area contributed by atoms with Crippen molar-refractivity contribution in [3.8, 4) is 0 Å². The van der Waals surface area contributed by atoms with Crippen LogP contribution < -0.4 is 16.4 Å². The highest BCUT2D eigenvalue weighted by molar-refractivity contribution is 6.39. The van der Waals surface area contributed by atoms with E-state index in [1.165, 1.54) is 0 Å². The fourth-order valence-electron chi connectivity index (χ4n) is 5.39. The van der Waals surface area contributed by atoms with E-state index in [2.05, 4.69) is 20.2 Å². The summed E-state index contributed by atoms with van der Waals surface area (Å²) in [5.41, 5.74) is 7.47. The molecule has 2 aliphatic carbocycles. The number of benzene rings is 1. The lowest BCUT2D eigenvalue weighted by molar-refractivity contribution is -0.122. The van der Waals surface area contributed by atoms with Gasteiger partial charge in [-0.2, -0.15) is 4.98 Å². The molecule has 2 heterocycles. The van der Waals surface area contributed by atoms with E-state index in [1.54, 1.807) is 24.4 Å². The first-order chi connectivity index (χ1) is 17.4. The third kappa shape index (κ3) is 5.38. The lowest BCUT2D eigenvalue weighted by Crippen LogP contribution is -2.29. The highest BCUT2D eigenvalue weighted by atomic mass is 35.5. The number of nitrogens with one attached hydrogen (secondary N) is 2. The maximum Gasteiger partial charge on any atom is 0.224 e. The van der Waals surface area contributed by atoms with Crippen LogP contribution in [0.1, 0.15) is 63.8 Å². The largest absolute Gasteiger partial charge is 0.393 e. The third-order valence-electron chi connectivity index (χ3n) is 7.33. The number of primary amides is 1. The van der Waals surface area contributed by atoms with Crippen LogP contribution in [0.2, 0.25) is 10.0 Å². The van der Waals surface area contributed by atoms with Crippen LogP contribution in [0.15, 0.2) is 24.4 Å². The Morgan fingerprint density at radius 1 is 1.06 bits per heavy atom. The summed E-state index contributed by atoms with van der Waals surface area (Å²) >= 11 is 12.9. The molecular formula is C25H31Cl2N7O2. The van der Waals surface area contributed by atoms with E-state index in [0.717, 1.165) is 38.5 Å². The standard InChI is InChI=1S/C25H31Cl2N7O2/c26-18-6-3-7-19(27)21(18)32-25-31-20-13-29-24(30-15-4-1-2-5-17(35)12-15)33-23(20)34(25)16-10-8-14(9-11-16)22(28)36/h3,6-7,13-17,35H,1-2,4-5,8-12H2,(H2,28,36)(H,31,32)(H,29,30,33)/t14-,15-,16-,17+/m1/s1. The van der Waals surface area contributed by atoms with Gasteiger partial charge in [-0.25, -0.2) is 9.97 Å². The Labute approximate surface area is 219 Å². The summed E-state index contributed by atoms with van der Waals surface area (Å²) in [7, 11) is 0. The maximum atomic E-state index is 11.7. The molecule has 2 saturated carbocycles. The zero-order chi connectivity index (χ0) is 25.2. The van der Waals surface area contributed by atoms with Gasteiger partial charge in [0.15, 0.2) is 5.65 Å². The minimum atomic E-state index is -0.309. The van der Waals surface area contributed by atoms with Gasteiger partial charge in [0, 0.05) is 18.0 Å². The number of nitrogens with two attached hydrogens (primary N) is 1. The van der Waals surface area contributed by atoms with Gasteiger partial charge >= 0.3 is 0 Å². The zero-order valence-electron chi connectivity index (χ0n) is 20.0. The van der Waals surface area contributed by atoms with Crippen molar-refractivity contribution in [2.45, 2.75) is 76.0 Å². The number of fused-ring (bicyclic) bond motifs is 1. The first kappa shape index (κ1) is 25.0. The summed E-state index contributed by atoms with van der Waals surface area (Å²) in [5.74, 6) is 0.721. The number of aromatic nitrogens is 4. The number of nitrogens with zero attached hydrogens (tertiary/aromatic N) is 4.